The average Bonchev–Trinajstić information content (AvgIpc) is 2.80. The lowest BCUT2D eigenvalue weighted by Crippen LogP contribution is -2.24. The van der Waals surface area contributed by atoms with E-state index < -0.39 is 0 Å². The molecule has 0 spiro atoms. The largest absolute Gasteiger partial charge is 0.310 e. The standard InChI is InChI=1S/C15H16BrFINS/c1-2-6-19-14(9-15-12(16)5-7-20-15)11-4-3-10(17)8-13(11)18/h3-5,7-8,14,19H,2,6,9H2,1H3. The van der Waals surface area contributed by atoms with Crippen molar-refractivity contribution in [3.63, 3.8) is 0 Å². The highest BCUT2D eigenvalue weighted by Crippen LogP contribution is 2.30. The summed E-state index contributed by atoms with van der Waals surface area (Å²) in [5, 5.41) is 5.66. The van der Waals surface area contributed by atoms with Gasteiger partial charge in [-0.25, -0.2) is 4.39 Å². The van der Waals surface area contributed by atoms with E-state index in [2.05, 4.69) is 62.2 Å². The van der Waals surface area contributed by atoms with Gasteiger partial charge in [0, 0.05) is 25.4 Å². The molecule has 0 bridgehead atoms. The maximum absolute atomic E-state index is 13.3. The fourth-order valence-corrected chi connectivity index (χ4v) is 4.47. The summed E-state index contributed by atoms with van der Waals surface area (Å²) >= 11 is 7.55. The number of benzene rings is 1. The van der Waals surface area contributed by atoms with Crippen molar-refractivity contribution < 1.29 is 4.39 Å². The summed E-state index contributed by atoms with van der Waals surface area (Å²) in [4.78, 5) is 1.32. The van der Waals surface area contributed by atoms with E-state index in [1.54, 1.807) is 23.5 Å². The van der Waals surface area contributed by atoms with Crippen LogP contribution in [0, 0.1) is 9.39 Å². The number of thiophene rings is 1. The van der Waals surface area contributed by atoms with Gasteiger partial charge in [-0.1, -0.05) is 13.0 Å². The first kappa shape index (κ1) is 16.4. The minimum atomic E-state index is -0.176. The Morgan fingerprint density at radius 3 is 2.80 bits per heavy atom. The summed E-state index contributed by atoms with van der Waals surface area (Å²) in [6, 6.07) is 7.33. The average molecular weight is 468 g/mol. The van der Waals surface area contributed by atoms with Crippen LogP contribution in [0.5, 0.6) is 0 Å². The summed E-state index contributed by atoms with van der Waals surface area (Å²) in [6.07, 6.45) is 2.00. The van der Waals surface area contributed by atoms with Crippen LogP contribution in [0.15, 0.2) is 34.1 Å². The van der Waals surface area contributed by atoms with Crippen molar-refractivity contribution >= 4 is 49.9 Å². The quantitative estimate of drug-likeness (QED) is 0.550. The molecule has 1 aromatic carbocycles. The van der Waals surface area contributed by atoms with E-state index in [1.165, 1.54) is 10.4 Å². The first-order valence-electron chi connectivity index (χ1n) is 6.52. The molecule has 1 N–H and O–H groups in total. The molecule has 0 aliphatic heterocycles. The van der Waals surface area contributed by atoms with E-state index in [9.17, 15) is 4.39 Å². The molecule has 1 atom stereocenters. The minimum Gasteiger partial charge on any atom is -0.310 e. The third kappa shape index (κ3) is 4.26. The molecule has 1 aromatic heterocycles. The smallest absolute Gasteiger partial charge is 0.124 e. The summed E-state index contributed by atoms with van der Waals surface area (Å²) in [7, 11) is 0. The highest BCUT2D eigenvalue weighted by atomic mass is 127. The Balaban J connectivity index is 2.24. The molecule has 0 aliphatic carbocycles. The van der Waals surface area contributed by atoms with E-state index >= 15 is 0 Å². The lowest BCUT2D eigenvalue weighted by Gasteiger charge is -2.20. The SMILES string of the molecule is CCCNC(Cc1sccc1Br)c1ccc(F)cc1I. The molecule has 1 heterocycles. The van der Waals surface area contributed by atoms with Gasteiger partial charge in [0.05, 0.1) is 0 Å². The third-order valence-electron chi connectivity index (χ3n) is 3.06. The first-order chi connectivity index (χ1) is 9.61. The second kappa shape index (κ2) is 7.87. The van der Waals surface area contributed by atoms with Crippen LogP contribution in [-0.4, -0.2) is 6.54 Å². The van der Waals surface area contributed by atoms with E-state index in [0.29, 0.717) is 0 Å². The maximum Gasteiger partial charge on any atom is 0.124 e. The van der Waals surface area contributed by atoms with Gasteiger partial charge in [-0.15, -0.1) is 11.3 Å². The molecule has 0 aliphatic rings. The van der Waals surface area contributed by atoms with E-state index in [-0.39, 0.29) is 11.9 Å². The maximum atomic E-state index is 13.3. The van der Waals surface area contributed by atoms with Crippen molar-refractivity contribution in [3.05, 3.63) is 53.9 Å². The molecule has 1 nitrogen and oxygen atoms in total. The highest BCUT2D eigenvalue weighted by Gasteiger charge is 2.17. The van der Waals surface area contributed by atoms with Crippen LogP contribution in [0.3, 0.4) is 0 Å². The fourth-order valence-electron chi connectivity index (χ4n) is 2.05. The van der Waals surface area contributed by atoms with Gasteiger partial charge in [-0.05, 0) is 80.6 Å². The Hall–Kier alpha value is 0.0200. The number of hydrogen-bond acceptors (Lipinski definition) is 2. The molecule has 20 heavy (non-hydrogen) atoms. The molecule has 0 saturated heterocycles. The van der Waals surface area contributed by atoms with Crippen molar-refractivity contribution in [1.82, 2.24) is 5.32 Å². The Morgan fingerprint density at radius 1 is 1.40 bits per heavy atom. The predicted molar refractivity (Wildman–Crippen MR) is 95.9 cm³/mol. The van der Waals surface area contributed by atoms with Crippen LogP contribution in [-0.2, 0) is 6.42 Å². The van der Waals surface area contributed by atoms with Gasteiger partial charge in [0.1, 0.15) is 5.82 Å². The predicted octanol–water partition coefficient (Wildman–Crippen LogP) is 5.54. The van der Waals surface area contributed by atoms with Gasteiger partial charge in [-0.2, -0.15) is 0 Å². The van der Waals surface area contributed by atoms with Gasteiger partial charge < -0.3 is 5.32 Å². The number of hydrogen-bond donors (Lipinski definition) is 1. The zero-order chi connectivity index (χ0) is 14.5. The monoisotopic (exact) mass is 467 g/mol. The van der Waals surface area contributed by atoms with Crippen molar-refractivity contribution in [2.24, 2.45) is 0 Å². The van der Waals surface area contributed by atoms with Gasteiger partial charge >= 0.3 is 0 Å². The van der Waals surface area contributed by atoms with Crippen molar-refractivity contribution in [3.8, 4) is 0 Å². The number of halogens is 3. The highest BCUT2D eigenvalue weighted by molar-refractivity contribution is 14.1. The lowest BCUT2D eigenvalue weighted by atomic mass is 10.0. The second-order valence-electron chi connectivity index (χ2n) is 4.57. The van der Waals surface area contributed by atoms with Crippen molar-refractivity contribution in [2.75, 3.05) is 6.54 Å². The number of rotatable bonds is 6. The number of nitrogens with one attached hydrogen (secondary N) is 1. The molecule has 0 radical (unpaired) electrons. The molecule has 2 aromatic rings. The lowest BCUT2D eigenvalue weighted by molar-refractivity contribution is 0.528. The molecule has 5 heteroatoms. The molecule has 0 fully saturated rings. The van der Waals surface area contributed by atoms with Crippen LogP contribution in [0.2, 0.25) is 0 Å². The van der Waals surface area contributed by atoms with Gasteiger partial charge in [0.25, 0.3) is 0 Å². The van der Waals surface area contributed by atoms with Gasteiger partial charge in [0.15, 0.2) is 0 Å². The van der Waals surface area contributed by atoms with Gasteiger partial charge in [0.2, 0.25) is 0 Å². The zero-order valence-corrected chi connectivity index (χ0v) is 15.7. The topological polar surface area (TPSA) is 12.0 Å². The summed E-state index contributed by atoms with van der Waals surface area (Å²) < 4.78 is 15.4. The van der Waals surface area contributed by atoms with Crippen LogP contribution in [0.25, 0.3) is 0 Å². The second-order valence-corrected chi connectivity index (χ2v) is 7.59. The van der Waals surface area contributed by atoms with Crippen molar-refractivity contribution in [1.29, 1.82) is 0 Å². The Morgan fingerprint density at radius 2 is 2.20 bits per heavy atom. The Kier molecular flexibility index (Phi) is 6.45. The van der Waals surface area contributed by atoms with E-state index in [0.717, 1.165) is 27.4 Å². The van der Waals surface area contributed by atoms with Crippen LogP contribution in [0.1, 0.15) is 29.8 Å². The summed E-state index contributed by atoms with van der Waals surface area (Å²) in [5.74, 6) is -0.176. The van der Waals surface area contributed by atoms with Crippen LogP contribution < -0.4 is 5.32 Å². The first-order valence-corrected chi connectivity index (χ1v) is 9.27. The molecule has 1 unspecified atom stereocenters. The third-order valence-corrected chi connectivity index (χ3v) is 5.94. The molecule has 0 saturated carbocycles. The fraction of sp³-hybridized carbons (Fsp3) is 0.333. The molecule has 0 amide bonds. The molecule has 2 rings (SSSR count). The van der Waals surface area contributed by atoms with E-state index in [1.807, 2.05) is 6.07 Å². The van der Waals surface area contributed by atoms with Crippen molar-refractivity contribution in [2.45, 2.75) is 25.8 Å². The Bertz CT molecular complexity index is 573. The van der Waals surface area contributed by atoms with Crippen LogP contribution >= 0.6 is 49.9 Å². The molecule has 108 valence electrons. The molecular weight excluding hydrogens is 452 g/mol. The zero-order valence-electron chi connectivity index (χ0n) is 11.1. The minimum absolute atomic E-state index is 0.176. The van der Waals surface area contributed by atoms with E-state index in [4.69, 9.17) is 0 Å². The van der Waals surface area contributed by atoms with Gasteiger partial charge in [-0.3, -0.25) is 0 Å². The molecular formula is C15H16BrFINS. The summed E-state index contributed by atoms with van der Waals surface area (Å²) in [5.41, 5.74) is 1.17. The Labute approximate surface area is 145 Å². The normalized spacial score (nSPS) is 12.6. The summed E-state index contributed by atoms with van der Waals surface area (Å²) in [6.45, 7) is 3.11. The van der Waals surface area contributed by atoms with Crippen LogP contribution in [0.4, 0.5) is 4.39 Å².